The van der Waals surface area contributed by atoms with Gasteiger partial charge in [0, 0.05) is 22.4 Å². The third-order valence-electron chi connectivity index (χ3n) is 6.02. The molecular weight excluding hydrogens is 454 g/mol. The lowest BCUT2D eigenvalue weighted by atomic mass is 10.1. The van der Waals surface area contributed by atoms with Crippen molar-refractivity contribution in [2.24, 2.45) is 0 Å². The molecule has 3 N–H and O–H groups in total. The van der Waals surface area contributed by atoms with Crippen LogP contribution in [0.2, 0.25) is 0 Å². The van der Waals surface area contributed by atoms with Gasteiger partial charge in [0.25, 0.3) is 5.91 Å². The van der Waals surface area contributed by atoms with Crippen LogP contribution >= 0.6 is 0 Å². The molecule has 1 amide bonds. The first kappa shape index (κ1) is 22.4. The highest BCUT2D eigenvalue weighted by Gasteiger charge is 2.26. The van der Waals surface area contributed by atoms with E-state index in [1.54, 1.807) is 25.1 Å². The smallest absolute Gasteiger partial charge is 0.271 e. The van der Waals surface area contributed by atoms with E-state index in [1.807, 2.05) is 0 Å². The second-order valence-corrected chi connectivity index (χ2v) is 8.27. The molecule has 35 heavy (non-hydrogen) atoms. The maximum absolute atomic E-state index is 14.5. The molecule has 1 aliphatic rings. The van der Waals surface area contributed by atoms with Crippen molar-refractivity contribution >= 4 is 28.4 Å². The number of aromatic nitrogens is 3. The maximum Gasteiger partial charge on any atom is 0.271 e. The zero-order valence-electron chi connectivity index (χ0n) is 18.7. The number of benzene rings is 1. The Morgan fingerprint density at radius 1 is 1.17 bits per heavy atom. The van der Waals surface area contributed by atoms with Crippen molar-refractivity contribution in [1.82, 2.24) is 19.9 Å². The molecule has 1 aromatic carbocycles. The molecule has 8 nitrogen and oxygen atoms in total. The molecule has 0 spiro atoms. The van der Waals surface area contributed by atoms with Crippen LogP contribution in [0.5, 0.6) is 0 Å². The summed E-state index contributed by atoms with van der Waals surface area (Å²) in [4.78, 5) is 30.2. The van der Waals surface area contributed by atoms with Gasteiger partial charge in [-0.2, -0.15) is 0 Å². The molecule has 4 heterocycles. The van der Waals surface area contributed by atoms with Crippen LogP contribution in [0.1, 0.15) is 38.6 Å². The number of carbonyl (C=O) groups is 1. The summed E-state index contributed by atoms with van der Waals surface area (Å²) < 4.78 is 34.4. The van der Waals surface area contributed by atoms with Gasteiger partial charge in [-0.05, 0) is 31.2 Å². The van der Waals surface area contributed by atoms with Crippen LogP contribution in [0.15, 0.2) is 36.4 Å². The Bertz CT molecular complexity index is 1500. The Morgan fingerprint density at radius 3 is 2.63 bits per heavy atom. The van der Waals surface area contributed by atoms with Gasteiger partial charge in [0.1, 0.15) is 23.1 Å². The molecule has 1 aliphatic heterocycles. The number of H-pyrrole nitrogens is 1. The number of hydrogen-bond donors (Lipinski definition) is 2. The van der Waals surface area contributed by atoms with E-state index in [4.69, 9.17) is 17.0 Å². The number of anilines is 1. The van der Waals surface area contributed by atoms with Gasteiger partial charge in [0.15, 0.2) is 0 Å². The summed E-state index contributed by atoms with van der Waals surface area (Å²) in [5, 5.41) is 0. The van der Waals surface area contributed by atoms with E-state index in [0.717, 1.165) is 23.3 Å². The summed E-state index contributed by atoms with van der Waals surface area (Å²) in [5.74, 6) is -1.66. The lowest BCUT2D eigenvalue weighted by molar-refractivity contribution is 0.0719. The van der Waals surface area contributed by atoms with Crippen LogP contribution in [-0.2, 0) is 31.0 Å². The van der Waals surface area contributed by atoms with Gasteiger partial charge >= 0.3 is 0 Å². The maximum atomic E-state index is 14.5. The number of aryl methyl sites for hydroxylation is 1. The van der Waals surface area contributed by atoms with E-state index in [9.17, 15) is 13.6 Å². The lowest BCUT2D eigenvalue weighted by Crippen LogP contribution is -2.31. The van der Waals surface area contributed by atoms with Gasteiger partial charge < -0.3 is 20.4 Å². The topological polar surface area (TPSA) is 101 Å². The quantitative estimate of drug-likeness (QED) is 0.413. The van der Waals surface area contributed by atoms with Gasteiger partial charge in [0.2, 0.25) is 5.69 Å². The third-order valence-corrected chi connectivity index (χ3v) is 6.02. The fourth-order valence-electron chi connectivity index (χ4n) is 4.21. The van der Waals surface area contributed by atoms with Crippen LogP contribution in [0.4, 0.5) is 20.3 Å². The number of rotatable bonds is 5. The summed E-state index contributed by atoms with van der Waals surface area (Å²) in [6.07, 6.45) is 0. The van der Waals surface area contributed by atoms with Crippen molar-refractivity contribution in [3.05, 3.63) is 93.2 Å². The predicted octanol–water partition coefficient (Wildman–Crippen LogP) is 4.55. The molecule has 0 saturated heterocycles. The number of amides is 1. The standard InChI is InChI=1S/C25H20F2N6O2/c1-13-20(29-2)7-6-14(30-13)9-33(10-15-18(26)4-3-5-19(15)27)25(34)22-8-21-23(31-22)16-11-35-12-17(16)24(28)32-21/h3-8,31H,9-12H2,1H3,(H2,28,32). The first-order valence-corrected chi connectivity index (χ1v) is 10.8. The average molecular weight is 474 g/mol. The lowest BCUT2D eigenvalue weighted by Gasteiger charge is -2.23. The average Bonchev–Trinajstić information content (AvgIpc) is 3.48. The molecule has 0 aliphatic carbocycles. The second kappa shape index (κ2) is 8.77. The Balaban J connectivity index is 1.55. The molecule has 0 radical (unpaired) electrons. The van der Waals surface area contributed by atoms with Gasteiger partial charge in [0.05, 0.1) is 49.6 Å². The Labute approximate surface area is 199 Å². The molecular formula is C25H20F2N6O2. The normalized spacial score (nSPS) is 12.5. The van der Waals surface area contributed by atoms with Crippen LogP contribution < -0.4 is 5.73 Å². The fourth-order valence-corrected chi connectivity index (χ4v) is 4.21. The minimum absolute atomic E-state index is 0.0299. The van der Waals surface area contributed by atoms with Crippen LogP contribution in [0, 0.1) is 25.1 Å². The highest BCUT2D eigenvalue weighted by Crippen LogP contribution is 2.31. The van der Waals surface area contributed by atoms with Crippen molar-refractivity contribution in [2.45, 2.75) is 33.2 Å². The minimum Gasteiger partial charge on any atom is -0.383 e. The van der Waals surface area contributed by atoms with Crippen molar-refractivity contribution in [3.8, 4) is 0 Å². The van der Waals surface area contributed by atoms with Crippen LogP contribution in [-0.4, -0.2) is 25.8 Å². The number of pyridine rings is 2. The van der Waals surface area contributed by atoms with Crippen molar-refractivity contribution in [2.75, 3.05) is 5.73 Å². The summed E-state index contributed by atoms with van der Waals surface area (Å²) in [6, 6.07) is 8.36. The number of halogens is 2. The molecule has 176 valence electrons. The Morgan fingerprint density at radius 2 is 1.91 bits per heavy atom. The van der Waals surface area contributed by atoms with Gasteiger partial charge in [-0.15, -0.1) is 0 Å². The molecule has 0 bridgehead atoms. The van der Waals surface area contributed by atoms with E-state index >= 15 is 0 Å². The Hall–Kier alpha value is -4.36. The van der Waals surface area contributed by atoms with Crippen molar-refractivity contribution in [1.29, 1.82) is 0 Å². The second-order valence-electron chi connectivity index (χ2n) is 8.27. The molecule has 0 unspecified atom stereocenters. The van der Waals surface area contributed by atoms with E-state index in [2.05, 4.69) is 19.8 Å². The van der Waals surface area contributed by atoms with Gasteiger partial charge in [-0.25, -0.2) is 18.6 Å². The van der Waals surface area contributed by atoms with Crippen molar-refractivity contribution in [3.63, 3.8) is 0 Å². The molecule has 10 heteroatoms. The first-order valence-electron chi connectivity index (χ1n) is 10.8. The minimum atomic E-state index is -0.753. The van der Waals surface area contributed by atoms with Crippen LogP contribution in [0.3, 0.4) is 0 Å². The highest BCUT2D eigenvalue weighted by molar-refractivity contribution is 5.98. The fraction of sp³-hybridized carbons (Fsp3) is 0.200. The molecule has 0 fully saturated rings. The number of aromatic amines is 1. The zero-order chi connectivity index (χ0) is 24.7. The van der Waals surface area contributed by atoms with E-state index in [-0.39, 0.29) is 24.3 Å². The summed E-state index contributed by atoms with van der Waals surface area (Å²) in [5.41, 5.74) is 10.1. The van der Waals surface area contributed by atoms with E-state index < -0.39 is 17.5 Å². The highest BCUT2D eigenvalue weighted by atomic mass is 19.1. The third kappa shape index (κ3) is 4.06. The van der Waals surface area contributed by atoms with Crippen molar-refractivity contribution < 1.29 is 18.3 Å². The Kier molecular flexibility index (Phi) is 5.62. The number of nitrogens with two attached hydrogens (primary N) is 1. The van der Waals surface area contributed by atoms with Crippen LogP contribution in [0.25, 0.3) is 15.9 Å². The number of nitrogens with zero attached hydrogens (tertiary/aromatic N) is 4. The molecule has 4 aromatic rings. The number of nitrogen functional groups attached to an aromatic ring is 1. The molecule has 0 atom stereocenters. The van der Waals surface area contributed by atoms with E-state index in [1.165, 1.54) is 11.0 Å². The number of fused-ring (bicyclic) bond motifs is 3. The zero-order valence-corrected chi connectivity index (χ0v) is 18.7. The summed E-state index contributed by atoms with van der Waals surface area (Å²) >= 11 is 0. The number of ether oxygens (including phenoxy) is 1. The largest absolute Gasteiger partial charge is 0.383 e. The number of carbonyl (C=O) groups excluding carboxylic acids is 1. The molecule has 0 saturated carbocycles. The number of nitrogens with one attached hydrogen (secondary N) is 1. The first-order chi connectivity index (χ1) is 16.9. The molecule has 5 rings (SSSR count). The van der Waals surface area contributed by atoms with E-state index in [0.29, 0.717) is 47.1 Å². The summed E-state index contributed by atoms with van der Waals surface area (Å²) in [7, 11) is 0. The SMILES string of the molecule is [C-]#[N+]c1ccc(CN(Cc2c(F)cccc2F)C(=O)c2cc3nc(N)c4c(c3[nH]2)COC4)nc1C. The molecule has 3 aromatic heterocycles. The summed E-state index contributed by atoms with van der Waals surface area (Å²) in [6.45, 7) is 9.22. The monoisotopic (exact) mass is 474 g/mol. The van der Waals surface area contributed by atoms with Gasteiger partial charge in [-0.3, -0.25) is 9.78 Å². The predicted molar refractivity (Wildman–Crippen MR) is 124 cm³/mol. The number of hydrogen-bond acceptors (Lipinski definition) is 5. The van der Waals surface area contributed by atoms with Gasteiger partial charge in [-0.1, -0.05) is 12.1 Å².